The van der Waals surface area contributed by atoms with Gasteiger partial charge in [-0.1, -0.05) is 31.2 Å². The third kappa shape index (κ3) is 4.58. The summed E-state index contributed by atoms with van der Waals surface area (Å²) >= 11 is 1.21. The van der Waals surface area contributed by atoms with Crippen molar-refractivity contribution in [1.82, 2.24) is 14.6 Å². The lowest BCUT2D eigenvalue weighted by molar-refractivity contribution is -0.123. The zero-order valence-electron chi connectivity index (χ0n) is 19.8. The second kappa shape index (κ2) is 9.62. The molecule has 4 aromatic rings. The van der Waals surface area contributed by atoms with E-state index in [1.807, 2.05) is 55.6 Å². The van der Waals surface area contributed by atoms with Crippen LogP contribution in [0.25, 0.3) is 27.3 Å². The van der Waals surface area contributed by atoms with Crippen LogP contribution in [0.4, 0.5) is 5.69 Å². The molecule has 1 N–H and O–H groups in total. The van der Waals surface area contributed by atoms with Crippen LogP contribution >= 0.6 is 11.3 Å². The number of rotatable bonds is 6. The van der Waals surface area contributed by atoms with E-state index in [1.54, 1.807) is 15.6 Å². The molecular formula is C27H28N4O3S. The minimum Gasteiger partial charge on any atom is -0.477 e. The first-order chi connectivity index (χ1) is 16.9. The Labute approximate surface area is 208 Å². The molecule has 35 heavy (non-hydrogen) atoms. The van der Waals surface area contributed by atoms with Crippen LogP contribution in [-0.2, 0) is 4.79 Å². The van der Waals surface area contributed by atoms with E-state index < -0.39 is 5.97 Å². The molecule has 7 nitrogen and oxygen atoms in total. The predicted molar refractivity (Wildman–Crippen MR) is 138 cm³/mol. The summed E-state index contributed by atoms with van der Waals surface area (Å²) in [4.78, 5) is 32.5. The largest absolute Gasteiger partial charge is 0.477 e. The van der Waals surface area contributed by atoms with Gasteiger partial charge in [0.25, 0.3) is 0 Å². The highest BCUT2D eigenvalue weighted by molar-refractivity contribution is 7.18. The number of carbonyl (C=O) groups is 2. The lowest BCUT2D eigenvalue weighted by Crippen LogP contribution is -2.38. The Hall–Kier alpha value is -3.52. The molecule has 8 heteroatoms. The summed E-state index contributed by atoms with van der Waals surface area (Å²) < 4.78 is 1.73. The molecule has 1 aliphatic rings. The van der Waals surface area contributed by atoms with Crippen LogP contribution in [-0.4, -0.2) is 38.1 Å². The molecule has 1 aliphatic carbocycles. The standard InChI is InChI=1S/C27H28N4O3S/c1-3-30(26(32)20-7-5-17(2)6-8-20)22-16-23(35-25(22)27(33)34)19-11-9-18(10-12-19)21-15-24-28-13-4-14-31(24)29-21/h4,9-17,20H,3,5-8H2,1-2H3,(H,33,34)/t17-,20-. The van der Waals surface area contributed by atoms with Gasteiger partial charge in [0.2, 0.25) is 5.91 Å². The fourth-order valence-corrected chi connectivity index (χ4v) is 5.83. The van der Waals surface area contributed by atoms with Crippen LogP contribution < -0.4 is 4.90 Å². The van der Waals surface area contributed by atoms with Gasteiger partial charge in [-0.2, -0.15) is 5.10 Å². The number of thiophene rings is 1. The van der Waals surface area contributed by atoms with E-state index in [9.17, 15) is 14.7 Å². The van der Waals surface area contributed by atoms with Gasteiger partial charge in [-0.15, -0.1) is 11.3 Å². The van der Waals surface area contributed by atoms with Gasteiger partial charge in [-0.25, -0.2) is 14.3 Å². The van der Waals surface area contributed by atoms with E-state index in [2.05, 4.69) is 17.0 Å². The topological polar surface area (TPSA) is 87.8 Å². The Balaban J connectivity index is 1.43. The van der Waals surface area contributed by atoms with E-state index in [0.29, 0.717) is 18.2 Å². The highest BCUT2D eigenvalue weighted by Gasteiger charge is 2.31. The molecule has 3 heterocycles. The number of hydrogen-bond donors (Lipinski definition) is 1. The quantitative estimate of drug-likeness (QED) is 0.359. The second-order valence-corrected chi connectivity index (χ2v) is 10.3. The minimum atomic E-state index is -1.01. The molecular weight excluding hydrogens is 460 g/mol. The fraction of sp³-hybridized carbons (Fsp3) is 0.333. The highest BCUT2D eigenvalue weighted by Crippen LogP contribution is 2.39. The zero-order chi connectivity index (χ0) is 24.5. The first-order valence-electron chi connectivity index (χ1n) is 12.0. The second-order valence-electron chi connectivity index (χ2n) is 9.20. The van der Waals surface area contributed by atoms with Gasteiger partial charge < -0.3 is 10.0 Å². The first-order valence-corrected chi connectivity index (χ1v) is 12.9. The molecule has 0 saturated heterocycles. The summed E-state index contributed by atoms with van der Waals surface area (Å²) in [6.45, 7) is 4.58. The maximum Gasteiger partial charge on any atom is 0.348 e. The number of aromatic carboxylic acids is 1. The monoisotopic (exact) mass is 488 g/mol. The lowest BCUT2D eigenvalue weighted by Gasteiger charge is -2.30. The molecule has 1 fully saturated rings. The van der Waals surface area contributed by atoms with Gasteiger partial charge in [0, 0.05) is 41.4 Å². The Morgan fingerprint density at radius 2 is 1.83 bits per heavy atom. The SMILES string of the molecule is CCN(c1cc(-c2ccc(-c3cc4ncccn4n3)cc2)sc1C(=O)O)C(=O)[C@H]1CC[C@H](C)CC1. The number of benzene rings is 1. The van der Waals surface area contributed by atoms with Crippen molar-refractivity contribution in [3.63, 3.8) is 0 Å². The summed E-state index contributed by atoms with van der Waals surface area (Å²) in [5.41, 5.74) is 3.95. The van der Waals surface area contributed by atoms with E-state index >= 15 is 0 Å². The van der Waals surface area contributed by atoms with Gasteiger partial charge in [-0.3, -0.25) is 4.79 Å². The number of carboxylic acid groups (broad SMARTS) is 1. The maximum absolute atomic E-state index is 13.4. The van der Waals surface area contributed by atoms with Gasteiger partial charge in [-0.05, 0) is 56.2 Å². The summed E-state index contributed by atoms with van der Waals surface area (Å²) in [5, 5.41) is 14.5. The molecule has 5 rings (SSSR count). The molecule has 0 aliphatic heterocycles. The van der Waals surface area contributed by atoms with Gasteiger partial charge in [0.1, 0.15) is 4.88 Å². The van der Waals surface area contributed by atoms with Crippen molar-refractivity contribution in [3.05, 3.63) is 59.7 Å². The average molecular weight is 489 g/mol. The Kier molecular flexibility index (Phi) is 6.38. The maximum atomic E-state index is 13.4. The first kappa shape index (κ1) is 23.2. The molecule has 0 unspecified atom stereocenters. The van der Waals surface area contributed by atoms with Crippen molar-refractivity contribution >= 4 is 34.5 Å². The molecule has 0 atom stereocenters. The third-order valence-electron chi connectivity index (χ3n) is 6.85. The molecule has 0 spiro atoms. The van der Waals surface area contributed by atoms with Gasteiger partial charge >= 0.3 is 5.97 Å². The number of aromatic nitrogens is 3. The molecule has 1 saturated carbocycles. The normalized spacial score (nSPS) is 18.0. The van der Waals surface area contributed by atoms with Crippen LogP contribution in [0, 0.1) is 11.8 Å². The Morgan fingerprint density at radius 3 is 2.49 bits per heavy atom. The van der Waals surface area contributed by atoms with Crippen molar-refractivity contribution in [1.29, 1.82) is 0 Å². The number of hydrogen-bond acceptors (Lipinski definition) is 5. The smallest absolute Gasteiger partial charge is 0.348 e. The van der Waals surface area contributed by atoms with Crippen LogP contribution in [0.5, 0.6) is 0 Å². The summed E-state index contributed by atoms with van der Waals surface area (Å²) in [6.07, 6.45) is 7.42. The van der Waals surface area contributed by atoms with Crippen molar-refractivity contribution in [2.45, 2.75) is 39.5 Å². The van der Waals surface area contributed by atoms with E-state index in [-0.39, 0.29) is 16.7 Å². The molecule has 1 amide bonds. The van der Waals surface area contributed by atoms with Crippen molar-refractivity contribution in [2.75, 3.05) is 11.4 Å². The molecule has 180 valence electrons. The van der Waals surface area contributed by atoms with Gasteiger partial charge in [0.15, 0.2) is 5.65 Å². The Bertz CT molecular complexity index is 1330. The number of amides is 1. The van der Waals surface area contributed by atoms with Crippen LogP contribution in [0.15, 0.2) is 54.9 Å². The van der Waals surface area contributed by atoms with Crippen molar-refractivity contribution < 1.29 is 14.7 Å². The third-order valence-corrected chi connectivity index (χ3v) is 8.01. The minimum absolute atomic E-state index is 0.0321. The van der Waals surface area contributed by atoms with E-state index in [1.165, 1.54) is 11.3 Å². The van der Waals surface area contributed by atoms with Gasteiger partial charge in [0.05, 0.1) is 11.4 Å². The molecule has 3 aromatic heterocycles. The van der Waals surface area contributed by atoms with Crippen LogP contribution in [0.2, 0.25) is 0 Å². The number of anilines is 1. The van der Waals surface area contributed by atoms with Crippen molar-refractivity contribution in [3.8, 4) is 21.7 Å². The molecule has 1 aromatic carbocycles. The number of carboxylic acids is 1. The zero-order valence-corrected chi connectivity index (χ0v) is 20.7. The lowest BCUT2D eigenvalue weighted by atomic mass is 9.82. The van der Waals surface area contributed by atoms with Crippen molar-refractivity contribution in [2.24, 2.45) is 11.8 Å². The predicted octanol–water partition coefficient (Wildman–Crippen LogP) is 6.00. The Morgan fingerprint density at radius 1 is 1.11 bits per heavy atom. The highest BCUT2D eigenvalue weighted by atomic mass is 32.1. The molecule has 0 bridgehead atoms. The molecule has 0 radical (unpaired) electrons. The van der Waals surface area contributed by atoms with E-state index in [4.69, 9.17) is 0 Å². The number of fused-ring (bicyclic) bond motifs is 1. The summed E-state index contributed by atoms with van der Waals surface area (Å²) in [6, 6.07) is 13.5. The average Bonchev–Trinajstić information content (AvgIpc) is 3.50. The summed E-state index contributed by atoms with van der Waals surface area (Å²) in [5.74, 6) is -0.345. The number of carbonyl (C=O) groups excluding carboxylic acids is 1. The summed E-state index contributed by atoms with van der Waals surface area (Å²) in [7, 11) is 0. The van der Waals surface area contributed by atoms with E-state index in [0.717, 1.165) is 53.0 Å². The fourth-order valence-electron chi connectivity index (χ4n) is 4.83. The van der Waals surface area contributed by atoms with Crippen LogP contribution in [0.1, 0.15) is 49.2 Å². The number of nitrogens with zero attached hydrogens (tertiary/aromatic N) is 4. The van der Waals surface area contributed by atoms with Crippen LogP contribution in [0.3, 0.4) is 0 Å².